The summed E-state index contributed by atoms with van der Waals surface area (Å²) in [6.45, 7) is 0. The van der Waals surface area contributed by atoms with Crippen molar-refractivity contribution in [1.82, 2.24) is 5.32 Å². The van der Waals surface area contributed by atoms with E-state index >= 15 is 0 Å². The number of anilines is 2. The van der Waals surface area contributed by atoms with E-state index in [1.165, 1.54) is 19.6 Å². The predicted octanol–water partition coefficient (Wildman–Crippen LogP) is 9.49. The largest absolute Gasteiger partial charge is 0.481 e. The fourth-order valence-corrected chi connectivity index (χ4v) is 11.1. The van der Waals surface area contributed by atoms with Crippen molar-refractivity contribution in [2.24, 2.45) is 16.6 Å². The number of carboxylic acid groups (broad SMARTS) is 2. The van der Waals surface area contributed by atoms with Crippen LogP contribution in [0.5, 0.6) is 0 Å². The van der Waals surface area contributed by atoms with Gasteiger partial charge >= 0.3 is 17.9 Å². The first kappa shape index (κ1) is 63.3. The smallest absolute Gasteiger partial charge is 0.326 e. The van der Waals surface area contributed by atoms with E-state index in [0.717, 1.165) is 31.2 Å². The minimum atomic E-state index is -3.06. The number of carbonyl (C=O) groups is 6. The predicted molar refractivity (Wildman–Crippen MR) is 296 cm³/mol. The summed E-state index contributed by atoms with van der Waals surface area (Å²) in [6, 6.07) is 21.4. The van der Waals surface area contributed by atoms with E-state index in [1.54, 1.807) is 84.9 Å². The van der Waals surface area contributed by atoms with Gasteiger partial charge in [-0.15, -0.1) is 0 Å². The van der Waals surface area contributed by atoms with Crippen LogP contribution in [0.3, 0.4) is 0 Å². The number of carbonyl (C=O) groups excluding carboxylic acids is 4. The normalized spacial score (nSPS) is 15.0. The molecule has 0 aliphatic heterocycles. The van der Waals surface area contributed by atoms with E-state index in [9.17, 15) is 50.7 Å². The Hall–Kier alpha value is -5.28. The lowest BCUT2D eigenvalue weighted by Gasteiger charge is -2.41. The summed E-state index contributed by atoms with van der Waals surface area (Å²) in [7, 11) is -4.66. The molecule has 2 aliphatic rings. The van der Waals surface area contributed by atoms with Crippen LogP contribution in [0.25, 0.3) is 0 Å². The zero-order valence-corrected chi connectivity index (χ0v) is 47.0. The van der Waals surface area contributed by atoms with Gasteiger partial charge in [0.25, 0.3) is 11.8 Å². The second kappa shape index (κ2) is 28.9. The van der Waals surface area contributed by atoms with Crippen LogP contribution in [-0.2, 0) is 56.4 Å². The maximum Gasteiger partial charge on any atom is 0.326 e. The van der Waals surface area contributed by atoms with E-state index in [-0.39, 0.29) is 55.1 Å². The van der Waals surface area contributed by atoms with Crippen LogP contribution in [0.2, 0.25) is 20.1 Å². The molecule has 4 aromatic rings. The molecule has 0 spiro atoms. The van der Waals surface area contributed by atoms with Crippen molar-refractivity contribution >= 4 is 113 Å². The number of hydrogen-bond acceptors (Lipinski definition) is 12. The van der Waals surface area contributed by atoms with Gasteiger partial charge in [0, 0.05) is 47.2 Å². The summed E-state index contributed by atoms with van der Waals surface area (Å²) >= 11 is 24.2. The number of nitrogens with one attached hydrogen (secondary N) is 3. The van der Waals surface area contributed by atoms with Gasteiger partial charge in [0.1, 0.15) is 31.8 Å². The van der Waals surface area contributed by atoms with E-state index in [1.807, 2.05) is 0 Å². The van der Waals surface area contributed by atoms with Crippen LogP contribution in [-0.4, -0.2) is 106 Å². The maximum atomic E-state index is 13.0. The molecule has 76 heavy (non-hydrogen) atoms. The molecule has 17 nitrogen and oxygen atoms in total. The number of esters is 1. The number of carboxylic acids is 2. The SMILES string of the molecule is COC(=O)C(N)Cc1ccc(NC(=O)c2c(Cl)cccc2Cl)cc1.CS(=O)(=O)CCCCC1(C(=O)N[C@@H](Cc2ccc(NC(=O)c3c(Cl)cccc3Cl)cc2)C(=O)O)CCC1.CS(=O)(=O)CCCCC1(C(=O)O)CCC1. The molecular formula is C53H64Cl4N4O13S2. The Morgan fingerprint density at radius 3 is 1.32 bits per heavy atom. The highest BCUT2D eigenvalue weighted by atomic mass is 35.5. The van der Waals surface area contributed by atoms with Crippen molar-refractivity contribution in [2.45, 2.75) is 102 Å². The van der Waals surface area contributed by atoms with Gasteiger partial charge in [0.15, 0.2) is 0 Å². The summed E-state index contributed by atoms with van der Waals surface area (Å²) in [6.07, 6.45) is 11.0. The minimum Gasteiger partial charge on any atom is -0.481 e. The van der Waals surface area contributed by atoms with Gasteiger partial charge in [0.2, 0.25) is 5.91 Å². The Bertz CT molecular complexity index is 2880. The fourth-order valence-electron chi connectivity index (χ4n) is 8.52. The van der Waals surface area contributed by atoms with Gasteiger partial charge in [-0.25, -0.2) is 21.6 Å². The van der Waals surface area contributed by atoms with Crippen molar-refractivity contribution in [3.8, 4) is 0 Å². The third kappa shape index (κ3) is 19.6. The number of aliphatic carboxylic acids is 2. The number of benzene rings is 4. The summed E-state index contributed by atoms with van der Waals surface area (Å²) in [4.78, 5) is 72.1. The lowest BCUT2D eigenvalue weighted by atomic mass is 9.65. The lowest BCUT2D eigenvalue weighted by Crippen LogP contribution is -2.52. The average Bonchev–Trinajstić information content (AvgIpc) is 3.30. The molecule has 1 unspecified atom stereocenters. The number of methoxy groups -OCH3 is 1. The second-order valence-corrected chi connectivity index (χ2v) is 25.3. The third-order valence-corrected chi connectivity index (χ3v) is 16.5. The van der Waals surface area contributed by atoms with Gasteiger partial charge < -0.3 is 36.6 Å². The van der Waals surface area contributed by atoms with Crippen LogP contribution in [0, 0.1) is 10.8 Å². The van der Waals surface area contributed by atoms with Gasteiger partial charge in [-0.05, 0) is 117 Å². The molecule has 4 aromatic carbocycles. The zero-order valence-electron chi connectivity index (χ0n) is 42.3. The Balaban J connectivity index is 0.000000273. The summed E-state index contributed by atoms with van der Waals surface area (Å²) in [5, 5.41) is 27.9. The van der Waals surface area contributed by atoms with Crippen LogP contribution in [0.1, 0.15) is 109 Å². The molecule has 2 atom stereocenters. The topological polar surface area (TPSA) is 282 Å². The van der Waals surface area contributed by atoms with Crippen LogP contribution in [0.15, 0.2) is 84.9 Å². The van der Waals surface area contributed by atoms with Crippen molar-refractivity contribution < 1.29 is 60.6 Å². The molecule has 0 aromatic heterocycles. The number of unbranched alkanes of at least 4 members (excludes halogenated alkanes) is 2. The molecule has 0 radical (unpaired) electrons. The molecule has 2 saturated carbocycles. The fraction of sp³-hybridized carbons (Fsp3) is 0.434. The number of hydrogen-bond donors (Lipinski definition) is 6. The highest BCUT2D eigenvalue weighted by Gasteiger charge is 2.45. The van der Waals surface area contributed by atoms with Crippen molar-refractivity contribution in [1.29, 1.82) is 0 Å². The Morgan fingerprint density at radius 1 is 0.605 bits per heavy atom. The molecule has 23 heteroatoms. The molecule has 414 valence electrons. The van der Waals surface area contributed by atoms with E-state index in [0.29, 0.717) is 74.7 Å². The van der Waals surface area contributed by atoms with Gasteiger partial charge in [-0.1, -0.05) is 108 Å². The first-order valence-electron chi connectivity index (χ1n) is 24.3. The van der Waals surface area contributed by atoms with Crippen molar-refractivity contribution in [2.75, 3.05) is 41.8 Å². The van der Waals surface area contributed by atoms with Gasteiger partial charge in [-0.2, -0.15) is 0 Å². The summed E-state index contributed by atoms with van der Waals surface area (Å²) in [5.74, 6) is -3.26. The summed E-state index contributed by atoms with van der Waals surface area (Å²) in [5.41, 5.74) is 7.49. The van der Waals surface area contributed by atoms with E-state index in [4.69, 9.17) is 57.2 Å². The van der Waals surface area contributed by atoms with E-state index < -0.39 is 72.3 Å². The zero-order chi connectivity index (χ0) is 56.4. The maximum absolute atomic E-state index is 13.0. The Kier molecular flexibility index (Phi) is 24.1. The number of rotatable bonds is 23. The standard InChI is InChI=1S/C26H30Cl2N2O6S.C17H16Cl2N2O3.C10H18O4S/c1-37(35,36)15-3-2-12-26(13-5-14-26)25(34)30-21(24(32)33)16-17-8-10-18(11-9-17)29-23(31)22-19(27)6-4-7-20(22)28;1-24-17(23)14(20)9-10-5-7-11(8-6-10)21-16(22)15-12(18)3-2-4-13(15)19;1-15(13,14)8-3-2-5-10(9(11)12)6-4-7-10/h4,6-11,21H,2-3,5,12-16H2,1H3,(H,29,31)(H,30,34)(H,32,33);2-8,14H,9,20H2,1H3,(H,21,22);2-8H2,1H3,(H,11,12)/t21-;;/m0../s1. The monoisotopic (exact) mass is 1170 g/mol. The molecular weight excluding hydrogens is 1110 g/mol. The van der Waals surface area contributed by atoms with Crippen LogP contribution in [0.4, 0.5) is 11.4 Å². The van der Waals surface area contributed by atoms with Crippen molar-refractivity contribution in [3.05, 3.63) is 127 Å². The number of sulfone groups is 2. The number of amides is 3. The molecule has 6 rings (SSSR count). The lowest BCUT2D eigenvalue weighted by molar-refractivity contribution is -0.155. The minimum absolute atomic E-state index is 0.0653. The third-order valence-electron chi connectivity index (χ3n) is 13.2. The molecule has 0 heterocycles. The highest BCUT2D eigenvalue weighted by Crippen LogP contribution is 2.46. The van der Waals surface area contributed by atoms with Crippen molar-refractivity contribution in [3.63, 3.8) is 0 Å². The number of halogens is 4. The second-order valence-electron chi connectivity index (χ2n) is 19.1. The molecule has 0 saturated heterocycles. The highest BCUT2D eigenvalue weighted by molar-refractivity contribution is 7.90. The van der Waals surface area contributed by atoms with Gasteiger partial charge in [0.05, 0.1) is 43.7 Å². The summed E-state index contributed by atoms with van der Waals surface area (Å²) < 4.78 is 49.0. The molecule has 2 fully saturated rings. The van der Waals surface area contributed by atoms with Crippen LogP contribution < -0.4 is 21.7 Å². The molecule has 0 bridgehead atoms. The van der Waals surface area contributed by atoms with Gasteiger partial charge in [-0.3, -0.25) is 24.0 Å². The molecule has 7 N–H and O–H groups in total. The average molecular weight is 1170 g/mol. The first-order chi connectivity index (χ1) is 35.7. The quantitative estimate of drug-likeness (QED) is 0.0298. The first-order valence-corrected chi connectivity index (χ1v) is 30.0. The molecule has 2 aliphatic carbocycles. The number of ether oxygens (including phenoxy) is 1. The Morgan fingerprint density at radius 2 is 0.987 bits per heavy atom. The molecule has 3 amide bonds. The van der Waals surface area contributed by atoms with E-state index in [2.05, 4.69) is 20.7 Å². The Labute approximate surface area is 463 Å². The van der Waals surface area contributed by atoms with Crippen LogP contribution >= 0.6 is 46.4 Å². The number of nitrogens with two attached hydrogens (primary N) is 1.